The van der Waals surface area contributed by atoms with Gasteiger partial charge in [0, 0.05) is 12.2 Å². The molecule has 0 saturated heterocycles. The van der Waals surface area contributed by atoms with Crippen LogP contribution in [0.3, 0.4) is 0 Å². The summed E-state index contributed by atoms with van der Waals surface area (Å²) in [6.45, 7) is 3.81. The predicted molar refractivity (Wildman–Crippen MR) is 106 cm³/mol. The van der Waals surface area contributed by atoms with E-state index in [9.17, 15) is 14.7 Å². The molecule has 0 aliphatic carbocycles. The van der Waals surface area contributed by atoms with Crippen molar-refractivity contribution in [3.63, 3.8) is 0 Å². The third-order valence-corrected chi connectivity index (χ3v) is 3.82. The fourth-order valence-corrected chi connectivity index (χ4v) is 2.44. The van der Waals surface area contributed by atoms with Crippen molar-refractivity contribution in [2.24, 2.45) is 5.10 Å². The molecule has 0 spiro atoms. The molecule has 1 heterocycles. The minimum atomic E-state index is -0.703. The third-order valence-electron chi connectivity index (χ3n) is 3.63. The Bertz CT molecular complexity index is 918. The van der Waals surface area contributed by atoms with Crippen molar-refractivity contribution in [3.05, 3.63) is 56.7 Å². The highest BCUT2D eigenvalue weighted by atomic mass is 32.1. The van der Waals surface area contributed by atoms with Crippen molar-refractivity contribution in [3.8, 4) is 5.88 Å². The lowest BCUT2D eigenvalue weighted by Gasteiger charge is -2.11. The number of hydrazone groups is 1. The Morgan fingerprint density at radius 2 is 2.00 bits per heavy atom. The summed E-state index contributed by atoms with van der Waals surface area (Å²) < 4.78 is 1.12. The molecule has 1 aromatic carbocycles. The highest BCUT2D eigenvalue weighted by Gasteiger charge is 2.16. The Morgan fingerprint density at radius 1 is 1.31 bits per heavy atom. The number of anilines is 1. The van der Waals surface area contributed by atoms with Crippen molar-refractivity contribution >= 4 is 28.7 Å². The molecule has 0 bridgehead atoms. The van der Waals surface area contributed by atoms with Crippen LogP contribution >= 0.6 is 12.2 Å². The van der Waals surface area contributed by atoms with Gasteiger partial charge in [0.25, 0.3) is 5.56 Å². The Balaban J connectivity index is 2.21. The first-order chi connectivity index (χ1) is 12.4. The van der Waals surface area contributed by atoms with Crippen molar-refractivity contribution in [1.82, 2.24) is 15.0 Å². The van der Waals surface area contributed by atoms with Crippen molar-refractivity contribution in [1.29, 1.82) is 0 Å². The van der Waals surface area contributed by atoms with Gasteiger partial charge < -0.3 is 10.4 Å². The lowest BCUT2D eigenvalue weighted by atomic mass is 10.2. The number of hydrogen-bond donors (Lipinski definition) is 4. The maximum absolute atomic E-state index is 12.1. The van der Waals surface area contributed by atoms with E-state index >= 15 is 0 Å². The summed E-state index contributed by atoms with van der Waals surface area (Å²) in [6.07, 6.45) is 1.53. The second kappa shape index (κ2) is 8.95. The lowest BCUT2D eigenvalue weighted by molar-refractivity contribution is 0.394. The van der Waals surface area contributed by atoms with Crippen LogP contribution in [0.1, 0.15) is 32.3 Å². The number of H-pyrrole nitrogens is 1. The number of rotatable bonds is 6. The molecule has 9 heteroatoms. The Morgan fingerprint density at radius 3 is 2.65 bits per heavy atom. The molecule has 0 radical (unpaired) electrons. The van der Waals surface area contributed by atoms with Crippen LogP contribution in [-0.2, 0) is 6.54 Å². The standard InChI is InChI=1S/C17H21N5O3S/c1-3-4-10-22-15(24)13(14(23)19-17(22)25)11(2)20-21-16(26)18-12-8-6-5-7-9-12/h5-9,24H,3-4,10H2,1-2H3,(H2,18,21,26)(H,19,23,25)/b20-11+. The first-order valence-corrected chi connectivity index (χ1v) is 8.57. The molecule has 0 fully saturated rings. The number of aromatic nitrogens is 2. The SMILES string of the molecule is CCCCn1c(O)c(/C(C)=N/NC(=S)Nc2ccccc2)c(=O)[nH]c1=O. The first kappa shape index (κ1) is 19.4. The fourth-order valence-electron chi connectivity index (χ4n) is 2.28. The predicted octanol–water partition coefficient (Wildman–Crippen LogP) is 1.75. The van der Waals surface area contributed by atoms with E-state index in [1.807, 2.05) is 37.3 Å². The molecule has 4 N–H and O–H groups in total. The summed E-state index contributed by atoms with van der Waals surface area (Å²) in [4.78, 5) is 26.2. The highest BCUT2D eigenvalue weighted by molar-refractivity contribution is 7.80. The number of para-hydroxylation sites is 1. The van der Waals surface area contributed by atoms with Gasteiger partial charge >= 0.3 is 5.69 Å². The average Bonchev–Trinajstić information content (AvgIpc) is 2.60. The van der Waals surface area contributed by atoms with Crippen LogP contribution in [0.5, 0.6) is 5.88 Å². The molecular formula is C17H21N5O3S. The van der Waals surface area contributed by atoms with Gasteiger partial charge in [-0.25, -0.2) is 4.79 Å². The maximum atomic E-state index is 12.1. The summed E-state index contributed by atoms with van der Waals surface area (Å²) in [5.41, 5.74) is 2.18. The number of hydrogen-bond acceptors (Lipinski definition) is 5. The topological polar surface area (TPSA) is 112 Å². The average molecular weight is 375 g/mol. The first-order valence-electron chi connectivity index (χ1n) is 8.16. The van der Waals surface area contributed by atoms with Gasteiger partial charge in [0.1, 0.15) is 5.56 Å². The number of aromatic hydroxyl groups is 1. The lowest BCUT2D eigenvalue weighted by Crippen LogP contribution is -2.34. The zero-order valence-corrected chi connectivity index (χ0v) is 15.4. The van der Waals surface area contributed by atoms with Gasteiger partial charge in [0.2, 0.25) is 5.88 Å². The summed E-state index contributed by atoms with van der Waals surface area (Å²) in [5, 5.41) is 17.5. The summed E-state index contributed by atoms with van der Waals surface area (Å²) in [6, 6.07) is 9.27. The van der Waals surface area contributed by atoms with Gasteiger partial charge in [-0.15, -0.1) is 0 Å². The van der Waals surface area contributed by atoms with Gasteiger partial charge in [0.05, 0.1) is 5.71 Å². The molecule has 26 heavy (non-hydrogen) atoms. The van der Waals surface area contributed by atoms with Gasteiger partial charge in [-0.1, -0.05) is 31.5 Å². The molecule has 0 unspecified atom stereocenters. The number of benzene rings is 1. The molecule has 2 rings (SSSR count). The monoisotopic (exact) mass is 375 g/mol. The Hall–Kier alpha value is -2.94. The number of nitrogens with one attached hydrogen (secondary N) is 3. The summed E-state index contributed by atoms with van der Waals surface area (Å²) >= 11 is 5.14. The van der Waals surface area contributed by atoms with E-state index in [1.54, 1.807) is 0 Å². The van der Waals surface area contributed by atoms with E-state index in [0.29, 0.717) is 13.0 Å². The van der Waals surface area contributed by atoms with Gasteiger partial charge in [0.15, 0.2) is 5.11 Å². The Labute approximate surface area is 155 Å². The van der Waals surface area contributed by atoms with Crippen LogP contribution < -0.4 is 22.0 Å². The largest absolute Gasteiger partial charge is 0.494 e. The van der Waals surface area contributed by atoms with Crippen molar-refractivity contribution in [2.45, 2.75) is 33.2 Å². The molecule has 1 aromatic heterocycles. The minimum absolute atomic E-state index is 0.0734. The van der Waals surface area contributed by atoms with E-state index in [2.05, 4.69) is 20.8 Å². The van der Waals surface area contributed by atoms with Gasteiger partial charge in [-0.3, -0.25) is 19.8 Å². The van der Waals surface area contributed by atoms with E-state index in [1.165, 1.54) is 6.92 Å². The van der Waals surface area contributed by atoms with Crippen LogP contribution in [-0.4, -0.2) is 25.5 Å². The fraction of sp³-hybridized carbons (Fsp3) is 0.294. The second-order valence-corrected chi connectivity index (χ2v) is 6.00. The quantitative estimate of drug-likeness (QED) is 0.348. The normalized spacial score (nSPS) is 11.2. The molecule has 138 valence electrons. The van der Waals surface area contributed by atoms with Crippen LogP contribution in [0, 0.1) is 0 Å². The zero-order valence-electron chi connectivity index (χ0n) is 14.6. The minimum Gasteiger partial charge on any atom is -0.494 e. The molecule has 0 atom stereocenters. The third kappa shape index (κ3) is 4.79. The van der Waals surface area contributed by atoms with Gasteiger partial charge in [-0.2, -0.15) is 5.10 Å². The van der Waals surface area contributed by atoms with Crippen LogP contribution in [0.15, 0.2) is 45.0 Å². The molecule has 2 aromatic rings. The van der Waals surface area contributed by atoms with Gasteiger partial charge in [-0.05, 0) is 37.7 Å². The van der Waals surface area contributed by atoms with Crippen molar-refractivity contribution in [2.75, 3.05) is 5.32 Å². The van der Waals surface area contributed by atoms with E-state index in [-0.39, 0.29) is 16.4 Å². The van der Waals surface area contributed by atoms with E-state index < -0.39 is 17.1 Å². The molecular weight excluding hydrogens is 354 g/mol. The van der Waals surface area contributed by atoms with E-state index in [4.69, 9.17) is 12.2 Å². The molecule has 0 amide bonds. The Kier molecular flexibility index (Phi) is 6.67. The molecule has 0 saturated carbocycles. The smallest absolute Gasteiger partial charge is 0.331 e. The van der Waals surface area contributed by atoms with Crippen molar-refractivity contribution < 1.29 is 5.11 Å². The highest BCUT2D eigenvalue weighted by Crippen LogP contribution is 2.12. The zero-order chi connectivity index (χ0) is 19.1. The van der Waals surface area contributed by atoms with Crippen LogP contribution in [0.4, 0.5) is 5.69 Å². The van der Waals surface area contributed by atoms with Crippen LogP contribution in [0.25, 0.3) is 0 Å². The van der Waals surface area contributed by atoms with Crippen LogP contribution in [0.2, 0.25) is 0 Å². The second-order valence-electron chi connectivity index (χ2n) is 5.59. The summed E-state index contributed by atoms with van der Waals surface area (Å²) in [5.74, 6) is -0.405. The maximum Gasteiger partial charge on any atom is 0.331 e. The van der Waals surface area contributed by atoms with E-state index in [0.717, 1.165) is 16.7 Å². The molecule has 8 nitrogen and oxygen atoms in total. The number of aromatic amines is 1. The number of nitrogens with zero attached hydrogens (tertiary/aromatic N) is 2. The summed E-state index contributed by atoms with van der Waals surface area (Å²) in [7, 11) is 0. The number of unbranched alkanes of at least 4 members (excludes halogenated alkanes) is 1. The molecule has 0 aliphatic heterocycles. The number of thiocarbonyl (C=S) groups is 1. The molecule has 0 aliphatic rings.